The van der Waals surface area contributed by atoms with Crippen LogP contribution >= 0.6 is 0 Å². The van der Waals surface area contributed by atoms with Crippen molar-refractivity contribution >= 4 is 6.03 Å². The van der Waals surface area contributed by atoms with Crippen LogP contribution in [-0.2, 0) is 0 Å². The van der Waals surface area contributed by atoms with Crippen LogP contribution in [0.25, 0.3) is 0 Å². The molecule has 2 heterocycles. The molecule has 0 aromatic heterocycles. The Balaban J connectivity index is 1.84. The van der Waals surface area contributed by atoms with E-state index < -0.39 is 11.3 Å². The van der Waals surface area contributed by atoms with Crippen LogP contribution in [0.15, 0.2) is 36.4 Å². The van der Waals surface area contributed by atoms with Gasteiger partial charge in [0.05, 0.1) is 14.2 Å². The summed E-state index contributed by atoms with van der Waals surface area (Å²) in [6.07, 6.45) is 1.10. The monoisotopic (exact) mass is 398 g/mol. The number of phenols is 1. The second-order valence-electron chi connectivity index (χ2n) is 8.32. The zero-order valence-electron chi connectivity index (χ0n) is 17.0. The predicted octanol–water partition coefficient (Wildman–Crippen LogP) is 3.50. The maximum absolute atomic E-state index is 12.4. The van der Waals surface area contributed by atoms with Gasteiger partial charge in [0.15, 0.2) is 5.72 Å². The second kappa shape index (κ2) is 6.76. The van der Waals surface area contributed by atoms with E-state index in [2.05, 4.69) is 10.6 Å². The summed E-state index contributed by atoms with van der Waals surface area (Å²) in [5.41, 5.74) is 0.559. The first-order chi connectivity index (χ1) is 13.7. The fraction of sp³-hybridized carbons (Fsp3) is 0.409. The molecular formula is C22H26N2O5. The second-order valence-corrected chi connectivity index (χ2v) is 8.32. The van der Waals surface area contributed by atoms with E-state index in [1.165, 1.54) is 0 Å². The smallest absolute Gasteiger partial charge is 0.318 e. The first-order valence-corrected chi connectivity index (χ1v) is 9.58. The van der Waals surface area contributed by atoms with Crippen molar-refractivity contribution in [2.45, 2.75) is 43.9 Å². The molecule has 1 fully saturated rings. The van der Waals surface area contributed by atoms with E-state index in [0.29, 0.717) is 30.1 Å². The molecule has 154 valence electrons. The van der Waals surface area contributed by atoms with E-state index >= 15 is 0 Å². The fourth-order valence-electron chi connectivity index (χ4n) is 4.51. The van der Waals surface area contributed by atoms with Gasteiger partial charge >= 0.3 is 6.03 Å². The molecule has 7 heteroatoms. The zero-order valence-corrected chi connectivity index (χ0v) is 17.0. The number of benzene rings is 2. The van der Waals surface area contributed by atoms with Gasteiger partial charge in [-0.3, -0.25) is 0 Å². The molecule has 2 aromatic carbocycles. The minimum Gasteiger partial charge on any atom is -0.508 e. The minimum absolute atomic E-state index is 0.102. The lowest BCUT2D eigenvalue weighted by atomic mass is 9.77. The number of phenolic OH excluding ortho intramolecular Hbond substituents is 1. The molecule has 29 heavy (non-hydrogen) atoms. The van der Waals surface area contributed by atoms with E-state index in [4.69, 9.17) is 14.2 Å². The van der Waals surface area contributed by atoms with Crippen LogP contribution in [0.3, 0.4) is 0 Å². The van der Waals surface area contributed by atoms with Gasteiger partial charge in [0.1, 0.15) is 23.0 Å². The Hall–Kier alpha value is -3.09. The van der Waals surface area contributed by atoms with Gasteiger partial charge in [0.2, 0.25) is 0 Å². The lowest BCUT2D eigenvalue weighted by Crippen LogP contribution is -2.69. The van der Waals surface area contributed by atoms with Crippen molar-refractivity contribution in [2.24, 2.45) is 0 Å². The number of methoxy groups -OCH3 is 2. The summed E-state index contributed by atoms with van der Waals surface area (Å²) in [4.78, 5) is 12.4. The van der Waals surface area contributed by atoms with E-state index in [-0.39, 0.29) is 17.7 Å². The first-order valence-electron chi connectivity index (χ1n) is 9.58. The molecule has 3 N–H and O–H groups in total. The number of hydrogen-bond donors (Lipinski definition) is 3. The number of urea groups is 1. The van der Waals surface area contributed by atoms with Crippen molar-refractivity contribution in [3.8, 4) is 23.0 Å². The van der Waals surface area contributed by atoms with E-state index in [1.54, 1.807) is 26.4 Å². The molecule has 0 radical (unpaired) electrons. The summed E-state index contributed by atoms with van der Waals surface area (Å²) >= 11 is 0. The van der Waals surface area contributed by atoms with Crippen molar-refractivity contribution in [3.05, 3.63) is 47.5 Å². The van der Waals surface area contributed by atoms with Gasteiger partial charge in [-0.1, -0.05) is 12.1 Å². The number of ether oxygens (including phenoxy) is 3. The van der Waals surface area contributed by atoms with Crippen LogP contribution in [0, 0.1) is 0 Å². The third kappa shape index (κ3) is 3.52. The summed E-state index contributed by atoms with van der Waals surface area (Å²) in [7, 11) is 3.24. The van der Waals surface area contributed by atoms with E-state index in [1.807, 2.05) is 38.1 Å². The van der Waals surface area contributed by atoms with Crippen LogP contribution in [0.4, 0.5) is 4.79 Å². The van der Waals surface area contributed by atoms with Crippen molar-refractivity contribution in [2.75, 3.05) is 14.2 Å². The summed E-state index contributed by atoms with van der Waals surface area (Å²) in [6, 6.07) is 10.6. The lowest BCUT2D eigenvalue weighted by molar-refractivity contribution is -0.0237. The Morgan fingerprint density at radius 2 is 1.83 bits per heavy atom. The fourth-order valence-corrected chi connectivity index (χ4v) is 4.51. The number of carbonyl (C=O) groups excluding carboxylic acids is 1. The Morgan fingerprint density at radius 3 is 2.52 bits per heavy atom. The molecule has 1 saturated heterocycles. The molecule has 2 amide bonds. The number of rotatable bonds is 3. The van der Waals surface area contributed by atoms with E-state index in [0.717, 1.165) is 11.1 Å². The maximum atomic E-state index is 12.4. The Kier molecular flexibility index (Phi) is 4.48. The highest BCUT2D eigenvalue weighted by molar-refractivity contribution is 5.77. The van der Waals surface area contributed by atoms with Gasteiger partial charge in [-0.2, -0.15) is 0 Å². The minimum atomic E-state index is -0.901. The van der Waals surface area contributed by atoms with E-state index in [9.17, 15) is 9.90 Å². The van der Waals surface area contributed by atoms with Gasteiger partial charge in [0, 0.05) is 47.6 Å². The van der Waals surface area contributed by atoms with Crippen molar-refractivity contribution in [3.63, 3.8) is 0 Å². The first kappa shape index (κ1) is 19.2. The molecule has 2 aliphatic rings. The van der Waals surface area contributed by atoms with Gasteiger partial charge in [-0.15, -0.1) is 0 Å². The topological polar surface area (TPSA) is 89.1 Å². The Labute approximate surface area is 170 Å². The molecule has 2 aliphatic heterocycles. The summed E-state index contributed by atoms with van der Waals surface area (Å²) in [5.74, 6) is 1.96. The molecule has 2 unspecified atom stereocenters. The number of carbonyl (C=O) groups is 1. The third-order valence-corrected chi connectivity index (χ3v) is 5.55. The average molecular weight is 398 g/mol. The van der Waals surface area contributed by atoms with Crippen molar-refractivity contribution < 1.29 is 24.1 Å². The quantitative estimate of drug-likeness (QED) is 0.736. The summed E-state index contributed by atoms with van der Waals surface area (Å²) < 4.78 is 17.3. The van der Waals surface area contributed by atoms with Crippen LogP contribution in [0.2, 0.25) is 0 Å². The largest absolute Gasteiger partial charge is 0.508 e. The molecule has 0 saturated carbocycles. The van der Waals surface area contributed by atoms with Crippen molar-refractivity contribution in [1.29, 1.82) is 0 Å². The van der Waals surface area contributed by atoms with Crippen LogP contribution in [0.5, 0.6) is 23.0 Å². The number of nitrogens with one attached hydrogen (secondary N) is 2. The molecule has 1 spiro atoms. The lowest BCUT2D eigenvalue weighted by Gasteiger charge is -2.49. The van der Waals surface area contributed by atoms with Crippen LogP contribution in [-0.4, -0.2) is 36.6 Å². The Morgan fingerprint density at radius 1 is 1.07 bits per heavy atom. The number of fused-ring (bicyclic) bond motifs is 1. The molecule has 0 aliphatic carbocycles. The standard InChI is InChI=1S/C22H26N2O5/c1-21(2)12-22(24-20(26)23-21)11-17(16-7-5-13(25)9-19(16)29-22)15-8-6-14(27-3)10-18(15)28-4/h5-10,17,25H,11-12H2,1-4H3,(H2,23,24,26). The Bertz CT molecular complexity index is 958. The van der Waals surface area contributed by atoms with Crippen molar-refractivity contribution in [1.82, 2.24) is 10.6 Å². The molecule has 2 aromatic rings. The highest BCUT2D eigenvalue weighted by Gasteiger charge is 2.50. The summed E-state index contributed by atoms with van der Waals surface area (Å²) in [5, 5.41) is 16.0. The average Bonchev–Trinajstić information content (AvgIpc) is 2.64. The van der Waals surface area contributed by atoms with Gasteiger partial charge in [-0.05, 0) is 26.0 Å². The molecule has 2 atom stereocenters. The van der Waals surface area contributed by atoms with Gasteiger partial charge in [-0.25, -0.2) is 4.79 Å². The number of hydrogen-bond acceptors (Lipinski definition) is 5. The number of amides is 2. The number of aromatic hydroxyl groups is 1. The normalized spacial score (nSPS) is 24.7. The highest BCUT2D eigenvalue weighted by Crippen LogP contribution is 2.49. The molecule has 0 bridgehead atoms. The molecule has 7 nitrogen and oxygen atoms in total. The summed E-state index contributed by atoms with van der Waals surface area (Å²) in [6.45, 7) is 3.94. The van der Waals surface area contributed by atoms with Gasteiger partial charge in [0.25, 0.3) is 0 Å². The third-order valence-electron chi connectivity index (χ3n) is 5.55. The predicted molar refractivity (Wildman–Crippen MR) is 108 cm³/mol. The molecular weight excluding hydrogens is 372 g/mol. The zero-order chi connectivity index (χ0) is 20.8. The van der Waals surface area contributed by atoms with Gasteiger partial charge < -0.3 is 30.0 Å². The highest BCUT2D eigenvalue weighted by atomic mass is 16.5. The molecule has 4 rings (SSSR count). The van der Waals surface area contributed by atoms with Crippen LogP contribution < -0.4 is 24.8 Å². The SMILES string of the molecule is COc1ccc(C2CC3(CC(C)(C)NC(=O)N3)Oc3cc(O)ccc32)c(OC)c1. The maximum Gasteiger partial charge on any atom is 0.318 e. The van der Waals surface area contributed by atoms with Crippen LogP contribution in [0.1, 0.15) is 43.7 Å².